The third-order valence-electron chi connectivity index (χ3n) is 3.73. The van der Waals surface area contributed by atoms with E-state index in [1.807, 2.05) is 24.1 Å². The number of piperidine rings is 1. The van der Waals surface area contributed by atoms with Crippen molar-refractivity contribution >= 4 is 11.7 Å². The molecule has 0 saturated carbocycles. The van der Waals surface area contributed by atoms with Gasteiger partial charge in [0, 0.05) is 19.6 Å². The minimum Gasteiger partial charge on any atom is -0.373 e. The molecule has 0 aliphatic carbocycles. The van der Waals surface area contributed by atoms with Gasteiger partial charge in [-0.3, -0.25) is 4.79 Å². The van der Waals surface area contributed by atoms with Crippen LogP contribution >= 0.6 is 0 Å². The lowest BCUT2D eigenvalue weighted by molar-refractivity contribution is 0.0595. The van der Waals surface area contributed by atoms with Gasteiger partial charge in [0.2, 0.25) is 0 Å². The molecule has 1 fully saturated rings. The van der Waals surface area contributed by atoms with Crippen LogP contribution in [0.5, 0.6) is 0 Å². The maximum Gasteiger partial charge on any atom is 0.272 e. The zero-order valence-electron chi connectivity index (χ0n) is 11.9. The van der Waals surface area contributed by atoms with Crippen molar-refractivity contribution in [2.75, 3.05) is 18.9 Å². The van der Waals surface area contributed by atoms with Crippen LogP contribution < -0.4 is 5.32 Å². The van der Waals surface area contributed by atoms with Crippen LogP contribution in [0, 0.1) is 0 Å². The second kappa shape index (κ2) is 6.55. The molecule has 2 rings (SSSR count). The Kier molecular flexibility index (Phi) is 4.77. The summed E-state index contributed by atoms with van der Waals surface area (Å²) in [4.78, 5) is 19.0. The van der Waals surface area contributed by atoms with E-state index in [0.29, 0.717) is 11.7 Å². The number of nitrogens with zero attached hydrogens (tertiary/aromatic N) is 2. The van der Waals surface area contributed by atoms with Crippen molar-refractivity contribution in [1.82, 2.24) is 9.88 Å². The molecule has 1 aromatic rings. The van der Waals surface area contributed by atoms with Gasteiger partial charge < -0.3 is 10.2 Å². The number of anilines is 1. The Bertz CT molecular complexity index is 431. The van der Waals surface area contributed by atoms with Crippen molar-refractivity contribution in [3.05, 3.63) is 23.9 Å². The lowest BCUT2D eigenvalue weighted by atomic mass is 9.98. The first-order valence-electron chi connectivity index (χ1n) is 7.22. The van der Waals surface area contributed by atoms with Crippen LogP contribution in [-0.4, -0.2) is 35.4 Å². The van der Waals surface area contributed by atoms with Crippen molar-refractivity contribution in [3.8, 4) is 0 Å². The number of hydrogen-bond donors (Lipinski definition) is 1. The molecular formula is C15H23N3O. The first-order chi connectivity index (χ1) is 9.26. The third kappa shape index (κ3) is 3.25. The first kappa shape index (κ1) is 13.8. The SMILES string of the molecule is CCCC1CCCCN1C(=O)c1cccc(NC)n1. The molecule has 104 valence electrons. The number of likely N-dealkylation sites (tertiary alicyclic amines) is 1. The van der Waals surface area contributed by atoms with E-state index in [-0.39, 0.29) is 5.91 Å². The fourth-order valence-corrected chi connectivity index (χ4v) is 2.74. The topological polar surface area (TPSA) is 45.2 Å². The van der Waals surface area contributed by atoms with Crippen molar-refractivity contribution in [2.24, 2.45) is 0 Å². The largest absolute Gasteiger partial charge is 0.373 e. The number of carbonyl (C=O) groups is 1. The molecule has 2 heterocycles. The van der Waals surface area contributed by atoms with Gasteiger partial charge in [0.1, 0.15) is 11.5 Å². The standard InChI is InChI=1S/C15H23N3O/c1-3-7-12-8-4-5-11-18(12)15(19)13-9-6-10-14(16-2)17-13/h6,9-10,12H,3-5,7-8,11H2,1-2H3,(H,16,17). The summed E-state index contributed by atoms with van der Waals surface area (Å²) in [5.41, 5.74) is 0.551. The van der Waals surface area contributed by atoms with Crippen LogP contribution in [0.15, 0.2) is 18.2 Å². The summed E-state index contributed by atoms with van der Waals surface area (Å²) >= 11 is 0. The van der Waals surface area contributed by atoms with Gasteiger partial charge in [0.05, 0.1) is 0 Å². The van der Waals surface area contributed by atoms with Gasteiger partial charge in [-0.1, -0.05) is 19.4 Å². The summed E-state index contributed by atoms with van der Waals surface area (Å²) in [6, 6.07) is 5.95. The van der Waals surface area contributed by atoms with Crippen LogP contribution in [0.3, 0.4) is 0 Å². The Balaban J connectivity index is 2.16. The number of hydrogen-bond acceptors (Lipinski definition) is 3. The van der Waals surface area contributed by atoms with E-state index in [2.05, 4.69) is 17.2 Å². The van der Waals surface area contributed by atoms with Gasteiger partial charge in [0.25, 0.3) is 5.91 Å². The van der Waals surface area contributed by atoms with Crippen molar-refractivity contribution in [1.29, 1.82) is 0 Å². The smallest absolute Gasteiger partial charge is 0.272 e. The van der Waals surface area contributed by atoms with Gasteiger partial charge in [0.15, 0.2) is 0 Å². The van der Waals surface area contributed by atoms with E-state index in [9.17, 15) is 4.79 Å². The van der Waals surface area contributed by atoms with Gasteiger partial charge in [-0.2, -0.15) is 0 Å². The van der Waals surface area contributed by atoms with Crippen molar-refractivity contribution < 1.29 is 4.79 Å². The maximum atomic E-state index is 12.6. The highest BCUT2D eigenvalue weighted by atomic mass is 16.2. The lowest BCUT2D eigenvalue weighted by Crippen LogP contribution is -2.44. The Labute approximate surface area is 115 Å². The summed E-state index contributed by atoms with van der Waals surface area (Å²) in [6.45, 7) is 3.05. The second-order valence-electron chi connectivity index (χ2n) is 5.09. The van der Waals surface area contributed by atoms with Crippen LogP contribution in [0.1, 0.15) is 49.5 Å². The summed E-state index contributed by atoms with van der Waals surface area (Å²) in [5, 5.41) is 2.98. The molecule has 1 N–H and O–H groups in total. The summed E-state index contributed by atoms with van der Waals surface area (Å²) < 4.78 is 0. The fraction of sp³-hybridized carbons (Fsp3) is 0.600. The second-order valence-corrected chi connectivity index (χ2v) is 5.09. The van der Waals surface area contributed by atoms with Crippen LogP contribution in [0.4, 0.5) is 5.82 Å². The number of aromatic nitrogens is 1. The monoisotopic (exact) mass is 261 g/mol. The number of nitrogens with one attached hydrogen (secondary N) is 1. The molecule has 1 unspecified atom stereocenters. The van der Waals surface area contributed by atoms with Crippen molar-refractivity contribution in [2.45, 2.75) is 45.1 Å². The number of carbonyl (C=O) groups excluding carboxylic acids is 1. The minimum absolute atomic E-state index is 0.0789. The molecule has 1 amide bonds. The minimum atomic E-state index is 0.0789. The summed E-state index contributed by atoms with van der Waals surface area (Å²) in [7, 11) is 1.82. The zero-order valence-corrected chi connectivity index (χ0v) is 11.9. The van der Waals surface area contributed by atoms with Gasteiger partial charge in [-0.05, 0) is 37.8 Å². The molecule has 0 aromatic carbocycles. The van der Waals surface area contributed by atoms with E-state index in [1.54, 1.807) is 6.07 Å². The number of rotatable bonds is 4. The van der Waals surface area contributed by atoms with Crippen LogP contribution in [0.2, 0.25) is 0 Å². The normalized spacial score (nSPS) is 19.3. The average molecular weight is 261 g/mol. The van der Waals surface area contributed by atoms with E-state index in [0.717, 1.165) is 38.0 Å². The molecular weight excluding hydrogens is 238 g/mol. The molecule has 0 bridgehead atoms. The first-order valence-corrected chi connectivity index (χ1v) is 7.22. The molecule has 1 atom stereocenters. The number of amides is 1. The summed E-state index contributed by atoms with van der Waals surface area (Å²) in [6.07, 6.45) is 5.69. The Morgan fingerprint density at radius 2 is 2.32 bits per heavy atom. The molecule has 1 aliphatic rings. The average Bonchev–Trinajstić information content (AvgIpc) is 2.47. The van der Waals surface area contributed by atoms with Crippen LogP contribution in [-0.2, 0) is 0 Å². The summed E-state index contributed by atoms with van der Waals surface area (Å²) in [5.74, 6) is 0.824. The van der Waals surface area contributed by atoms with Gasteiger partial charge >= 0.3 is 0 Å². The fourth-order valence-electron chi connectivity index (χ4n) is 2.74. The van der Waals surface area contributed by atoms with E-state index in [4.69, 9.17) is 0 Å². The molecule has 4 nitrogen and oxygen atoms in total. The Hall–Kier alpha value is -1.58. The molecule has 1 aromatic heterocycles. The van der Waals surface area contributed by atoms with E-state index >= 15 is 0 Å². The van der Waals surface area contributed by atoms with E-state index < -0.39 is 0 Å². The molecule has 0 radical (unpaired) electrons. The molecule has 19 heavy (non-hydrogen) atoms. The predicted molar refractivity (Wildman–Crippen MR) is 77.4 cm³/mol. The highest BCUT2D eigenvalue weighted by Crippen LogP contribution is 2.22. The molecule has 0 spiro atoms. The predicted octanol–water partition coefficient (Wildman–Crippen LogP) is 2.92. The molecule has 1 aliphatic heterocycles. The zero-order chi connectivity index (χ0) is 13.7. The molecule has 1 saturated heterocycles. The molecule has 4 heteroatoms. The highest BCUT2D eigenvalue weighted by Gasteiger charge is 2.27. The van der Waals surface area contributed by atoms with E-state index in [1.165, 1.54) is 6.42 Å². The quantitative estimate of drug-likeness (QED) is 0.906. The van der Waals surface area contributed by atoms with Gasteiger partial charge in [-0.25, -0.2) is 4.98 Å². The Morgan fingerprint density at radius 1 is 1.47 bits per heavy atom. The number of pyridine rings is 1. The van der Waals surface area contributed by atoms with Gasteiger partial charge in [-0.15, -0.1) is 0 Å². The Morgan fingerprint density at radius 3 is 3.05 bits per heavy atom. The van der Waals surface area contributed by atoms with Crippen molar-refractivity contribution in [3.63, 3.8) is 0 Å². The maximum absolute atomic E-state index is 12.6. The highest BCUT2D eigenvalue weighted by molar-refractivity contribution is 5.93. The van der Waals surface area contributed by atoms with Crippen LogP contribution in [0.25, 0.3) is 0 Å². The lowest BCUT2D eigenvalue weighted by Gasteiger charge is -2.35. The third-order valence-corrected chi connectivity index (χ3v) is 3.73.